The number of amides is 1. The van der Waals surface area contributed by atoms with Crippen LogP contribution in [0.3, 0.4) is 0 Å². The maximum atomic E-state index is 13.7. The van der Waals surface area contributed by atoms with Crippen LogP contribution in [0, 0.1) is 0 Å². The number of ketones is 1. The van der Waals surface area contributed by atoms with Crippen molar-refractivity contribution in [1.29, 1.82) is 0 Å². The Kier molecular flexibility index (Phi) is 7.04. The van der Waals surface area contributed by atoms with E-state index in [-0.39, 0.29) is 22.1 Å². The highest BCUT2D eigenvalue weighted by atomic mass is 35.5. The molecule has 0 saturated heterocycles. The Bertz CT molecular complexity index is 1300. The zero-order chi connectivity index (χ0) is 26.2. The molecule has 1 heterocycles. The van der Waals surface area contributed by atoms with Gasteiger partial charge >= 0.3 is 6.18 Å². The lowest BCUT2D eigenvalue weighted by molar-refractivity contribution is -0.137. The van der Waals surface area contributed by atoms with Crippen LogP contribution in [0.4, 0.5) is 18.9 Å². The van der Waals surface area contributed by atoms with E-state index >= 15 is 0 Å². The molecule has 2 aromatic carbocycles. The average Bonchev–Trinajstić information content (AvgIpc) is 2.83. The summed E-state index contributed by atoms with van der Waals surface area (Å²) in [6, 6.07) is 7.85. The fourth-order valence-electron chi connectivity index (χ4n) is 4.72. The van der Waals surface area contributed by atoms with Gasteiger partial charge in [-0.15, -0.1) is 0 Å². The number of nitrogens with one attached hydrogen (secondary N) is 2. The molecule has 2 N–H and O–H groups in total. The van der Waals surface area contributed by atoms with Crippen LogP contribution in [0.2, 0.25) is 5.02 Å². The molecule has 2 aliphatic rings. The molecule has 1 aliphatic carbocycles. The number of dihydropyridines is 1. The first-order valence-electron chi connectivity index (χ1n) is 11.2. The van der Waals surface area contributed by atoms with E-state index in [0.717, 1.165) is 18.2 Å². The Balaban J connectivity index is 1.85. The Hall–Kier alpha value is -3.46. The number of hydrogen-bond acceptors (Lipinski definition) is 5. The van der Waals surface area contributed by atoms with Gasteiger partial charge in [0.05, 0.1) is 36.4 Å². The second-order valence-electron chi connectivity index (χ2n) is 8.49. The van der Waals surface area contributed by atoms with Gasteiger partial charge in [0, 0.05) is 34.5 Å². The summed E-state index contributed by atoms with van der Waals surface area (Å²) in [5.41, 5.74) is 1.17. The van der Waals surface area contributed by atoms with Gasteiger partial charge in [-0.05, 0) is 44.0 Å². The summed E-state index contributed by atoms with van der Waals surface area (Å²) in [6.45, 7) is 1.69. The van der Waals surface area contributed by atoms with Gasteiger partial charge in [0.1, 0.15) is 0 Å². The number of Topliss-reactive ketones (excluding diaryl/α,β-unsaturated/α-hetero) is 1. The van der Waals surface area contributed by atoms with Crippen LogP contribution >= 0.6 is 11.6 Å². The molecular formula is C26H24ClF3N2O4. The van der Waals surface area contributed by atoms with Gasteiger partial charge in [0.15, 0.2) is 17.3 Å². The predicted octanol–water partition coefficient (Wildman–Crippen LogP) is 5.98. The van der Waals surface area contributed by atoms with E-state index in [2.05, 4.69) is 10.6 Å². The first kappa shape index (κ1) is 25.6. The maximum Gasteiger partial charge on any atom is 0.416 e. The van der Waals surface area contributed by atoms with Crippen LogP contribution in [-0.4, -0.2) is 25.9 Å². The molecule has 4 rings (SSSR count). The summed E-state index contributed by atoms with van der Waals surface area (Å²) >= 11 is 6.13. The van der Waals surface area contributed by atoms with Gasteiger partial charge in [0.2, 0.25) is 0 Å². The van der Waals surface area contributed by atoms with Crippen LogP contribution < -0.4 is 20.1 Å². The number of carbonyl (C=O) groups is 2. The van der Waals surface area contributed by atoms with Crippen LogP contribution in [-0.2, 0) is 15.8 Å². The van der Waals surface area contributed by atoms with Crippen molar-refractivity contribution in [2.75, 3.05) is 19.5 Å². The topological polar surface area (TPSA) is 76.7 Å². The smallest absolute Gasteiger partial charge is 0.416 e. The molecule has 0 fully saturated rings. The van der Waals surface area contributed by atoms with Gasteiger partial charge in [-0.3, -0.25) is 9.59 Å². The fourth-order valence-corrected chi connectivity index (χ4v) is 4.89. The van der Waals surface area contributed by atoms with E-state index in [1.165, 1.54) is 14.2 Å². The number of ether oxygens (including phenoxy) is 2. The van der Waals surface area contributed by atoms with E-state index in [0.29, 0.717) is 53.3 Å². The van der Waals surface area contributed by atoms with Gasteiger partial charge in [-0.25, -0.2) is 0 Å². The molecule has 1 aliphatic heterocycles. The Morgan fingerprint density at radius 3 is 2.56 bits per heavy atom. The van der Waals surface area contributed by atoms with Crippen LogP contribution in [0.25, 0.3) is 0 Å². The number of allylic oxidation sites excluding steroid dienone is 3. The minimum atomic E-state index is -4.61. The third kappa shape index (κ3) is 4.67. The highest BCUT2D eigenvalue weighted by molar-refractivity contribution is 6.34. The highest BCUT2D eigenvalue weighted by Crippen LogP contribution is 2.47. The number of anilines is 1. The summed E-state index contributed by atoms with van der Waals surface area (Å²) in [6.07, 6.45) is -3.01. The second-order valence-corrected chi connectivity index (χ2v) is 8.90. The number of para-hydroxylation sites is 1. The SMILES string of the molecule is COc1cccc([C@H]2C(C(=O)Nc3cc(C(F)(F)F)ccc3Cl)=C(C)NC3=C2C(=O)CCC3)c1OC. The predicted molar refractivity (Wildman–Crippen MR) is 129 cm³/mol. The number of methoxy groups -OCH3 is 2. The molecule has 1 amide bonds. The summed E-state index contributed by atoms with van der Waals surface area (Å²) in [5, 5.41) is 5.65. The van der Waals surface area contributed by atoms with E-state index in [1.807, 2.05) is 0 Å². The van der Waals surface area contributed by atoms with E-state index in [1.54, 1.807) is 25.1 Å². The number of carbonyl (C=O) groups excluding carboxylic acids is 2. The Morgan fingerprint density at radius 2 is 1.89 bits per heavy atom. The van der Waals surface area contributed by atoms with Crippen molar-refractivity contribution in [3.05, 3.63) is 75.1 Å². The van der Waals surface area contributed by atoms with Gasteiger partial charge in [-0.2, -0.15) is 13.2 Å². The molecule has 0 radical (unpaired) electrons. The molecule has 0 bridgehead atoms. The molecule has 1 atom stereocenters. The lowest BCUT2D eigenvalue weighted by Gasteiger charge is -2.35. The minimum absolute atomic E-state index is 0.0532. The molecule has 0 saturated carbocycles. The maximum absolute atomic E-state index is 13.7. The first-order chi connectivity index (χ1) is 17.1. The van der Waals surface area contributed by atoms with Gasteiger partial charge in [0.25, 0.3) is 5.91 Å². The summed E-state index contributed by atoms with van der Waals surface area (Å²) in [7, 11) is 2.93. The molecule has 0 unspecified atom stereocenters. The number of alkyl halides is 3. The van der Waals surface area contributed by atoms with E-state index in [4.69, 9.17) is 21.1 Å². The molecule has 0 spiro atoms. The van der Waals surface area contributed by atoms with Crippen LogP contribution in [0.1, 0.15) is 43.2 Å². The largest absolute Gasteiger partial charge is 0.493 e. The highest BCUT2D eigenvalue weighted by Gasteiger charge is 2.40. The number of hydrogen-bond donors (Lipinski definition) is 2. The average molecular weight is 521 g/mol. The van der Waals surface area contributed by atoms with E-state index in [9.17, 15) is 22.8 Å². The monoisotopic (exact) mass is 520 g/mol. The summed E-state index contributed by atoms with van der Waals surface area (Å²) in [5.74, 6) is -0.872. The van der Waals surface area contributed by atoms with Crippen molar-refractivity contribution in [3.63, 3.8) is 0 Å². The molecule has 10 heteroatoms. The minimum Gasteiger partial charge on any atom is -0.493 e. The Labute approximate surface area is 211 Å². The third-order valence-corrected chi connectivity index (χ3v) is 6.64. The molecule has 0 aromatic heterocycles. The second kappa shape index (κ2) is 9.89. The molecule has 190 valence electrons. The zero-order valence-corrected chi connectivity index (χ0v) is 20.6. The fraction of sp³-hybridized carbons (Fsp3) is 0.308. The molecular weight excluding hydrogens is 497 g/mol. The number of benzene rings is 2. The quantitative estimate of drug-likeness (QED) is 0.507. The van der Waals surface area contributed by atoms with Crippen molar-refractivity contribution in [1.82, 2.24) is 5.32 Å². The van der Waals surface area contributed by atoms with Crippen LogP contribution in [0.15, 0.2) is 58.9 Å². The lowest BCUT2D eigenvalue weighted by atomic mass is 9.74. The van der Waals surface area contributed by atoms with Crippen molar-refractivity contribution in [2.24, 2.45) is 0 Å². The zero-order valence-electron chi connectivity index (χ0n) is 19.8. The van der Waals surface area contributed by atoms with Crippen molar-refractivity contribution >= 4 is 29.0 Å². The Morgan fingerprint density at radius 1 is 1.14 bits per heavy atom. The standard InChI is InChI=1S/C26H24ClF3N2O4/c1-13-21(25(34)32-18-12-14(26(28,29)30)10-11-16(18)27)22(23-17(31-13)7-5-8-19(23)33)15-6-4-9-20(35-2)24(15)36-3/h4,6,9-12,22,31H,5,7-8H2,1-3H3,(H,32,34)/t22-/m0/s1. The molecule has 36 heavy (non-hydrogen) atoms. The van der Waals surface area contributed by atoms with Crippen LogP contribution in [0.5, 0.6) is 11.5 Å². The summed E-state index contributed by atoms with van der Waals surface area (Å²) in [4.78, 5) is 26.8. The van der Waals surface area contributed by atoms with Crippen molar-refractivity contribution < 1.29 is 32.2 Å². The van der Waals surface area contributed by atoms with Crippen molar-refractivity contribution in [2.45, 2.75) is 38.3 Å². The van der Waals surface area contributed by atoms with Gasteiger partial charge in [-0.1, -0.05) is 23.7 Å². The summed E-state index contributed by atoms with van der Waals surface area (Å²) < 4.78 is 50.9. The molecule has 6 nitrogen and oxygen atoms in total. The molecule has 2 aromatic rings. The van der Waals surface area contributed by atoms with Gasteiger partial charge < -0.3 is 20.1 Å². The third-order valence-electron chi connectivity index (χ3n) is 6.31. The number of rotatable bonds is 5. The lowest BCUT2D eigenvalue weighted by Crippen LogP contribution is -2.35. The van der Waals surface area contributed by atoms with Crippen molar-refractivity contribution in [3.8, 4) is 11.5 Å². The number of halogens is 4. The van der Waals surface area contributed by atoms with E-state index < -0.39 is 23.6 Å². The normalized spacial score (nSPS) is 18.0. The first-order valence-corrected chi connectivity index (χ1v) is 11.6.